The third kappa shape index (κ3) is 3.13. The second-order valence-electron chi connectivity index (χ2n) is 5.39. The van der Waals surface area contributed by atoms with E-state index in [1.54, 1.807) is 0 Å². The highest BCUT2D eigenvalue weighted by molar-refractivity contribution is 6.01. The third-order valence-electron chi connectivity index (χ3n) is 3.64. The molecule has 0 saturated heterocycles. The summed E-state index contributed by atoms with van der Waals surface area (Å²) < 4.78 is 21.5. The van der Waals surface area contributed by atoms with Crippen LogP contribution in [0, 0.1) is 13.8 Å². The topological polar surface area (TPSA) is 71.1 Å². The fourth-order valence-electron chi connectivity index (χ4n) is 2.50. The molecule has 0 radical (unpaired) electrons. The molecular formula is C18H20O6. The molecule has 0 aliphatic heterocycles. The lowest BCUT2D eigenvalue weighted by molar-refractivity contribution is -0.133. The third-order valence-corrected chi connectivity index (χ3v) is 3.64. The summed E-state index contributed by atoms with van der Waals surface area (Å²) in [5, 5.41) is 1.20. The standard InChI is InChI=1S/C18H20O6/c1-9-7-13-14(8-10(9)2)16(24-12(4)20)18(22-6)17(21-5)15(13)23-11(3)19/h7-8H,1-6H3. The summed E-state index contributed by atoms with van der Waals surface area (Å²) in [7, 11) is 2.85. The van der Waals surface area contributed by atoms with E-state index in [2.05, 4.69) is 0 Å². The largest absolute Gasteiger partial charge is 0.490 e. The lowest BCUT2D eigenvalue weighted by Gasteiger charge is -2.19. The van der Waals surface area contributed by atoms with Crippen LogP contribution < -0.4 is 18.9 Å². The van der Waals surface area contributed by atoms with Gasteiger partial charge < -0.3 is 18.9 Å². The Morgan fingerprint density at radius 3 is 1.29 bits per heavy atom. The van der Waals surface area contributed by atoms with E-state index in [1.165, 1.54) is 28.1 Å². The first-order valence-electron chi connectivity index (χ1n) is 7.35. The first kappa shape index (κ1) is 17.6. The Kier molecular flexibility index (Phi) is 4.97. The molecule has 0 bridgehead atoms. The zero-order chi connectivity index (χ0) is 18.0. The van der Waals surface area contributed by atoms with Gasteiger partial charge >= 0.3 is 11.9 Å². The Balaban J connectivity index is 3.00. The van der Waals surface area contributed by atoms with Crippen molar-refractivity contribution in [2.24, 2.45) is 0 Å². The smallest absolute Gasteiger partial charge is 0.308 e. The Morgan fingerprint density at radius 1 is 0.708 bits per heavy atom. The van der Waals surface area contributed by atoms with Gasteiger partial charge in [-0.25, -0.2) is 0 Å². The van der Waals surface area contributed by atoms with Gasteiger partial charge in [0.1, 0.15) is 0 Å². The summed E-state index contributed by atoms with van der Waals surface area (Å²) in [6.45, 7) is 6.49. The average Bonchev–Trinajstić information content (AvgIpc) is 2.50. The van der Waals surface area contributed by atoms with Crippen LogP contribution in [-0.2, 0) is 9.59 Å². The molecule has 0 aliphatic carbocycles. The highest BCUT2D eigenvalue weighted by Gasteiger charge is 2.26. The van der Waals surface area contributed by atoms with Crippen molar-refractivity contribution in [1.29, 1.82) is 0 Å². The number of carbonyl (C=O) groups is 2. The summed E-state index contributed by atoms with van der Waals surface area (Å²) in [5.41, 5.74) is 1.99. The van der Waals surface area contributed by atoms with E-state index >= 15 is 0 Å². The average molecular weight is 332 g/mol. The van der Waals surface area contributed by atoms with Crippen LogP contribution >= 0.6 is 0 Å². The van der Waals surface area contributed by atoms with E-state index in [0.717, 1.165) is 11.1 Å². The molecular weight excluding hydrogens is 312 g/mol. The molecule has 6 heteroatoms. The number of hydrogen-bond acceptors (Lipinski definition) is 6. The van der Waals surface area contributed by atoms with E-state index in [4.69, 9.17) is 18.9 Å². The molecule has 0 amide bonds. The van der Waals surface area contributed by atoms with Gasteiger partial charge in [-0.05, 0) is 37.1 Å². The quantitative estimate of drug-likeness (QED) is 0.632. The Morgan fingerprint density at radius 2 is 1.04 bits per heavy atom. The molecule has 0 heterocycles. The Labute approximate surface area is 140 Å². The van der Waals surface area contributed by atoms with E-state index in [1.807, 2.05) is 26.0 Å². The molecule has 0 atom stereocenters. The number of rotatable bonds is 4. The van der Waals surface area contributed by atoms with Crippen molar-refractivity contribution in [1.82, 2.24) is 0 Å². The fraction of sp³-hybridized carbons (Fsp3) is 0.333. The number of ether oxygens (including phenoxy) is 4. The molecule has 2 aromatic rings. The van der Waals surface area contributed by atoms with E-state index in [9.17, 15) is 9.59 Å². The molecule has 0 fully saturated rings. The summed E-state index contributed by atoms with van der Waals surface area (Å²) in [6.07, 6.45) is 0. The number of methoxy groups -OCH3 is 2. The molecule has 128 valence electrons. The van der Waals surface area contributed by atoms with Gasteiger partial charge in [0.05, 0.1) is 14.2 Å². The Hall–Kier alpha value is -2.76. The highest BCUT2D eigenvalue weighted by atomic mass is 16.6. The lowest BCUT2D eigenvalue weighted by atomic mass is 10.00. The molecule has 0 saturated carbocycles. The highest BCUT2D eigenvalue weighted by Crippen LogP contribution is 2.51. The SMILES string of the molecule is COc1c(OC)c(OC(C)=O)c2cc(C)c(C)cc2c1OC(C)=O. The van der Waals surface area contributed by atoms with Gasteiger partial charge in [-0.15, -0.1) is 0 Å². The van der Waals surface area contributed by atoms with Crippen molar-refractivity contribution < 1.29 is 28.5 Å². The van der Waals surface area contributed by atoms with Crippen molar-refractivity contribution in [3.63, 3.8) is 0 Å². The van der Waals surface area contributed by atoms with Crippen LogP contribution in [0.3, 0.4) is 0 Å². The fourth-order valence-corrected chi connectivity index (χ4v) is 2.50. The summed E-state index contributed by atoms with van der Waals surface area (Å²) in [6, 6.07) is 3.72. The predicted octanol–water partition coefficient (Wildman–Crippen LogP) is 3.32. The first-order chi connectivity index (χ1) is 11.3. The van der Waals surface area contributed by atoms with Crippen LogP contribution in [0.5, 0.6) is 23.0 Å². The van der Waals surface area contributed by atoms with E-state index in [-0.39, 0.29) is 23.0 Å². The lowest BCUT2D eigenvalue weighted by Crippen LogP contribution is -2.08. The maximum Gasteiger partial charge on any atom is 0.308 e. The van der Waals surface area contributed by atoms with Gasteiger partial charge in [-0.3, -0.25) is 9.59 Å². The van der Waals surface area contributed by atoms with Gasteiger partial charge in [-0.2, -0.15) is 0 Å². The number of fused-ring (bicyclic) bond motifs is 1. The molecule has 0 unspecified atom stereocenters. The van der Waals surface area contributed by atoms with Crippen LogP contribution in [0.1, 0.15) is 25.0 Å². The summed E-state index contributed by atoms with van der Waals surface area (Å²) in [5.74, 6) is -0.128. The van der Waals surface area contributed by atoms with Crippen molar-refractivity contribution in [2.75, 3.05) is 14.2 Å². The molecule has 0 spiro atoms. The molecule has 24 heavy (non-hydrogen) atoms. The molecule has 0 aliphatic rings. The minimum absolute atomic E-state index is 0.194. The molecule has 2 aromatic carbocycles. The number of benzene rings is 2. The second-order valence-corrected chi connectivity index (χ2v) is 5.39. The van der Waals surface area contributed by atoms with Gasteiger partial charge in [0.15, 0.2) is 11.5 Å². The van der Waals surface area contributed by atoms with E-state index < -0.39 is 11.9 Å². The van der Waals surface area contributed by atoms with Crippen molar-refractivity contribution in [2.45, 2.75) is 27.7 Å². The van der Waals surface area contributed by atoms with Crippen LogP contribution in [-0.4, -0.2) is 26.2 Å². The van der Waals surface area contributed by atoms with Gasteiger partial charge in [-0.1, -0.05) is 0 Å². The zero-order valence-electron chi connectivity index (χ0n) is 14.6. The van der Waals surface area contributed by atoms with Gasteiger partial charge in [0, 0.05) is 24.6 Å². The first-order valence-corrected chi connectivity index (χ1v) is 7.35. The summed E-state index contributed by atoms with van der Waals surface area (Å²) >= 11 is 0. The molecule has 2 rings (SSSR count). The Bertz CT molecular complexity index is 754. The van der Waals surface area contributed by atoms with Crippen molar-refractivity contribution >= 4 is 22.7 Å². The van der Waals surface area contributed by atoms with Crippen molar-refractivity contribution in [3.8, 4) is 23.0 Å². The molecule has 0 N–H and O–H groups in total. The number of esters is 2. The van der Waals surface area contributed by atoms with Crippen LogP contribution in [0.25, 0.3) is 10.8 Å². The number of carbonyl (C=O) groups excluding carboxylic acids is 2. The normalized spacial score (nSPS) is 10.4. The van der Waals surface area contributed by atoms with E-state index in [0.29, 0.717) is 10.8 Å². The molecule has 0 aromatic heterocycles. The number of aryl methyl sites for hydroxylation is 2. The van der Waals surface area contributed by atoms with Gasteiger partial charge in [0.25, 0.3) is 0 Å². The maximum absolute atomic E-state index is 11.5. The van der Waals surface area contributed by atoms with Crippen LogP contribution in [0.15, 0.2) is 12.1 Å². The predicted molar refractivity (Wildman–Crippen MR) is 89.1 cm³/mol. The summed E-state index contributed by atoms with van der Waals surface area (Å²) in [4.78, 5) is 23.1. The number of hydrogen-bond donors (Lipinski definition) is 0. The minimum Gasteiger partial charge on any atom is -0.490 e. The van der Waals surface area contributed by atoms with Crippen molar-refractivity contribution in [3.05, 3.63) is 23.3 Å². The van der Waals surface area contributed by atoms with Crippen LogP contribution in [0.2, 0.25) is 0 Å². The second kappa shape index (κ2) is 6.78. The minimum atomic E-state index is -0.491. The van der Waals surface area contributed by atoms with Crippen LogP contribution in [0.4, 0.5) is 0 Å². The maximum atomic E-state index is 11.5. The van der Waals surface area contributed by atoms with Gasteiger partial charge in [0.2, 0.25) is 11.5 Å². The molecule has 6 nitrogen and oxygen atoms in total. The monoisotopic (exact) mass is 332 g/mol. The zero-order valence-corrected chi connectivity index (χ0v) is 14.6.